The zero-order chi connectivity index (χ0) is 18.6. The second kappa shape index (κ2) is 7.86. The van der Waals surface area contributed by atoms with Gasteiger partial charge in [0.1, 0.15) is 17.9 Å². The van der Waals surface area contributed by atoms with Crippen LogP contribution < -0.4 is 4.74 Å². The number of β-amino-alcohol motifs (C(OH)–C–C–N with tert-alkyl or cyclic N) is 1. The van der Waals surface area contributed by atoms with Crippen molar-refractivity contribution in [2.75, 3.05) is 20.2 Å². The number of rotatable bonds is 6. The van der Waals surface area contributed by atoms with Gasteiger partial charge in [0.25, 0.3) is 0 Å². The van der Waals surface area contributed by atoms with Crippen LogP contribution in [-0.4, -0.2) is 56.5 Å². The molecule has 0 radical (unpaired) electrons. The maximum atomic E-state index is 12.6. The van der Waals surface area contributed by atoms with Crippen molar-refractivity contribution in [2.24, 2.45) is 7.05 Å². The molecule has 2 aromatic rings. The first-order chi connectivity index (χ1) is 12.5. The van der Waals surface area contributed by atoms with E-state index in [2.05, 4.69) is 10.2 Å². The number of likely N-dealkylation sites (tertiary alicyclic amines) is 1. The van der Waals surface area contributed by atoms with E-state index in [-0.39, 0.29) is 5.91 Å². The summed E-state index contributed by atoms with van der Waals surface area (Å²) < 4.78 is 7.03. The van der Waals surface area contributed by atoms with Gasteiger partial charge in [0.2, 0.25) is 5.91 Å². The van der Waals surface area contributed by atoms with Gasteiger partial charge in [0.05, 0.1) is 12.7 Å². The molecule has 1 unspecified atom stereocenters. The topological polar surface area (TPSA) is 80.5 Å². The molecule has 1 atom stereocenters. The van der Waals surface area contributed by atoms with Crippen LogP contribution in [0.4, 0.5) is 0 Å². The molecule has 0 spiro atoms. The van der Waals surface area contributed by atoms with E-state index in [0.29, 0.717) is 38.8 Å². The Bertz CT molecular complexity index is 761. The number of carbonyl (C=O) groups excluding carboxylic acids is 1. The first kappa shape index (κ1) is 18.4. The highest BCUT2D eigenvalue weighted by Crippen LogP contribution is 2.25. The molecular formula is C19H26N4O3. The molecule has 1 N–H and O–H groups in total. The van der Waals surface area contributed by atoms with E-state index in [9.17, 15) is 9.90 Å². The van der Waals surface area contributed by atoms with Crippen LogP contribution in [0.15, 0.2) is 30.6 Å². The number of hydrogen-bond acceptors (Lipinski definition) is 5. The second-order valence-corrected chi connectivity index (χ2v) is 7.03. The first-order valence-corrected chi connectivity index (χ1v) is 8.95. The molecule has 0 aliphatic carbocycles. The van der Waals surface area contributed by atoms with Crippen LogP contribution >= 0.6 is 0 Å². The molecule has 1 aromatic heterocycles. The minimum absolute atomic E-state index is 0.0731. The molecular weight excluding hydrogens is 332 g/mol. The van der Waals surface area contributed by atoms with Crippen molar-refractivity contribution in [3.63, 3.8) is 0 Å². The molecule has 26 heavy (non-hydrogen) atoms. The van der Waals surface area contributed by atoms with E-state index in [1.54, 1.807) is 18.3 Å². The number of carbonyl (C=O) groups is 1. The molecule has 1 aliphatic rings. The lowest BCUT2D eigenvalue weighted by atomic mass is 9.89. The van der Waals surface area contributed by atoms with Gasteiger partial charge in [-0.15, -0.1) is 10.2 Å². The fourth-order valence-electron chi connectivity index (χ4n) is 3.47. The number of methoxy groups -OCH3 is 1. The van der Waals surface area contributed by atoms with Gasteiger partial charge in [-0.3, -0.25) is 4.79 Å². The number of piperidine rings is 1. The summed E-state index contributed by atoms with van der Waals surface area (Å²) in [7, 11) is 3.49. The second-order valence-electron chi connectivity index (χ2n) is 7.03. The first-order valence-electron chi connectivity index (χ1n) is 8.95. The quantitative estimate of drug-likeness (QED) is 0.843. The van der Waals surface area contributed by atoms with Crippen LogP contribution in [0, 0.1) is 0 Å². The van der Waals surface area contributed by atoms with E-state index in [1.807, 2.05) is 35.9 Å². The number of aliphatic hydroxyl groups is 1. The van der Waals surface area contributed by atoms with Crippen molar-refractivity contribution in [3.05, 3.63) is 42.0 Å². The zero-order valence-corrected chi connectivity index (χ0v) is 15.4. The average Bonchev–Trinajstić information content (AvgIpc) is 3.04. The number of aryl methyl sites for hydroxylation is 2. The van der Waals surface area contributed by atoms with Gasteiger partial charge in [0, 0.05) is 33.0 Å². The smallest absolute Gasteiger partial charge is 0.222 e. The van der Waals surface area contributed by atoms with E-state index >= 15 is 0 Å². The van der Waals surface area contributed by atoms with Crippen LogP contribution in [0.1, 0.15) is 30.7 Å². The Kier molecular flexibility index (Phi) is 5.56. The van der Waals surface area contributed by atoms with Crippen molar-refractivity contribution in [1.29, 1.82) is 0 Å². The lowest BCUT2D eigenvalue weighted by molar-refractivity contribution is -0.138. The van der Waals surface area contributed by atoms with Gasteiger partial charge in [-0.1, -0.05) is 12.1 Å². The molecule has 1 saturated heterocycles. The zero-order valence-electron chi connectivity index (χ0n) is 15.4. The summed E-state index contributed by atoms with van der Waals surface area (Å²) in [6.07, 6.45) is 4.57. The summed E-state index contributed by atoms with van der Waals surface area (Å²) in [6.45, 7) is 1.04. The molecule has 7 heteroatoms. The van der Waals surface area contributed by atoms with E-state index in [0.717, 1.165) is 23.6 Å². The standard InChI is InChI=1S/C19H26N4O3/c1-22-14-20-21-17(22)12-19(25)9-4-10-23(13-19)18(24)8-7-15-5-3-6-16(11-15)26-2/h3,5-6,11,14,25H,4,7-10,12-13H2,1-2H3. The van der Waals surface area contributed by atoms with Crippen LogP contribution in [0.3, 0.4) is 0 Å². The molecule has 1 aromatic carbocycles. The molecule has 140 valence electrons. The third-order valence-electron chi connectivity index (χ3n) is 4.96. The molecule has 1 aliphatic heterocycles. The maximum Gasteiger partial charge on any atom is 0.222 e. The molecule has 0 bridgehead atoms. The number of ether oxygens (including phenoxy) is 1. The fraction of sp³-hybridized carbons (Fsp3) is 0.526. The highest BCUT2D eigenvalue weighted by atomic mass is 16.5. The van der Waals surface area contributed by atoms with E-state index < -0.39 is 5.60 Å². The Hall–Kier alpha value is -2.41. The summed E-state index contributed by atoms with van der Waals surface area (Å²) in [4.78, 5) is 14.4. The van der Waals surface area contributed by atoms with Crippen molar-refractivity contribution in [1.82, 2.24) is 19.7 Å². The minimum atomic E-state index is -0.940. The minimum Gasteiger partial charge on any atom is -0.497 e. The Morgan fingerprint density at radius 1 is 1.42 bits per heavy atom. The largest absolute Gasteiger partial charge is 0.497 e. The van der Waals surface area contributed by atoms with Crippen LogP contribution in [0.5, 0.6) is 5.75 Å². The molecule has 2 heterocycles. The Labute approximate surface area is 153 Å². The summed E-state index contributed by atoms with van der Waals surface area (Å²) in [5.74, 6) is 1.60. The number of aromatic nitrogens is 3. The highest BCUT2D eigenvalue weighted by molar-refractivity contribution is 5.76. The van der Waals surface area contributed by atoms with Crippen molar-refractivity contribution < 1.29 is 14.6 Å². The van der Waals surface area contributed by atoms with Gasteiger partial charge in [-0.2, -0.15) is 0 Å². The number of benzene rings is 1. The SMILES string of the molecule is COc1cccc(CCC(=O)N2CCCC(O)(Cc3nncn3C)C2)c1. The Balaban J connectivity index is 1.58. The third-order valence-corrected chi connectivity index (χ3v) is 4.96. The Morgan fingerprint density at radius 2 is 2.27 bits per heavy atom. The summed E-state index contributed by atoms with van der Waals surface area (Å²) in [6, 6.07) is 7.77. The predicted octanol–water partition coefficient (Wildman–Crippen LogP) is 1.35. The van der Waals surface area contributed by atoms with Crippen LogP contribution in [-0.2, 0) is 24.7 Å². The van der Waals surface area contributed by atoms with Gasteiger partial charge in [-0.05, 0) is 37.0 Å². The molecule has 1 fully saturated rings. The number of hydrogen-bond donors (Lipinski definition) is 1. The Morgan fingerprint density at radius 3 is 3.00 bits per heavy atom. The lowest BCUT2D eigenvalue weighted by Gasteiger charge is -2.39. The highest BCUT2D eigenvalue weighted by Gasteiger charge is 2.36. The molecule has 3 rings (SSSR count). The monoisotopic (exact) mass is 358 g/mol. The van der Waals surface area contributed by atoms with Crippen molar-refractivity contribution >= 4 is 5.91 Å². The summed E-state index contributed by atoms with van der Waals surface area (Å²) in [5.41, 5.74) is 0.133. The number of nitrogens with zero attached hydrogens (tertiary/aromatic N) is 4. The average molecular weight is 358 g/mol. The molecule has 0 saturated carbocycles. The predicted molar refractivity (Wildman–Crippen MR) is 96.8 cm³/mol. The number of amides is 1. The summed E-state index contributed by atoms with van der Waals surface area (Å²) in [5, 5.41) is 18.9. The van der Waals surface area contributed by atoms with Crippen LogP contribution in [0.25, 0.3) is 0 Å². The van der Waals surface area contributed by atoms with Gasteiger partial charge < -0.3 is 19.3 Å². The van der Waals surface area contributed by atoms with Gasteiger partial charge in [-0.25, -0.2) is 0 Å². The third kappa shape index (κ3) is 4.40. The van der Waals surface area contributed by atoms with Crippen molar-refractivity contribution in [3.8, 4) is 5.75 Å². The lowest BCUT2D eigenvalue weighted by Crippen LogP contribution is -2.51. The van der Waals surface area contributed by atoms with Crippen LogP contribution in [0.2, 0.25) is 0 Å². The van der Waals surface area contributed by atoms with E-state index in [1.165, 1.54) is 0 Å². The molecule has 1 amide bonds. The normalized spacial score (nSPS) is 20.2. The maximum absolute atomic E-state index is 12.6. The van der Waals surface area contributed by atoms with Gasteiger partial charge >= 0.3 is 0 Å². The van der Waals surface area contributed by atoms with E-state index in [4.69, 9.17) is 4.74 Å². The molecule has 7 nitrogen and oxygen atoms in total. The van der Waals surface area contributed by atoms with Gasteiger partial charge in [0.15, 0.2) is 0 Å². The van der Waals surface area contributed by atoms with Crippen molar-refractivity contribution in [2.45, 2.75) is 37.7 Å². The fourth-order valence-corrected chi connectivity index (χ4v) is 3.47. The summed E-state index contributed by atoms with van der Waals surface area (Å²) >= 11 is 0.